The first-order chi connectivity index (χ1) is 7.83. The first-order valence-corrected chi connectivity index (χ1v) is 6.73. The topological polar surface area (TPSA) is 38.3 Å². The van der Waals surface area contributed by atoms with Gasteiger partial charge in [-0.05, 0) is 31.2 Å². The third-order valence-electron chi connectivity index (χ3n) is 3.75. The van der Waals surface area contributed by atoms with Crippen molar-refractivity contribution < 1.29 is 9.53 Å². The van der Waals surface area contributed by atoms with E-state index in [1.54, 1.807) is 0 Å². The normalized spacial score (nSPS) is 31.2. The van der Waals surface area contributed by atoms with Gasteiger partial charge in [0.15, 0.2) is 0 Å². The molecule has 0 bridgehead atoms. The van der Waals surface area contributed by atoms with Gasteiger partial charge in [-0.2, -0.15) is 0 Å². The highest BCUT2D eigenvalue weighted by molar-refractivity contribution is 5.77. The van der Waals surface area contributed by atoms with E-state index < -0.39 is 0 Å². The predicted molar refractivity (Wildman–Crippen MR) is 63.1 cm³/mol. The van der Waals surface area contributed by atoms with Gasteiger partial charge in [-0.3, -0.25) is 4.79 Å². The van der Waals surface area contributed by atoms with Crippen LogP contribution in [0.2, 0.25) is 0 Å². The lowest BCUT2D eigenvalue weighted by molar-refractivity contribution is -0.146. The summed E-state index contributed by atoms with van der Waals surface area (Å²) in [5.74, 6) is 1.34. The van der Waals surface area contributed by atoms with E-state index in [1.807, 2.05) is 0 Å². The van der Waals surface area contributed by atoms with Crippen molar-refractivity contribution in [2.24, 2.45) is 11.8 Å². The van der Waals surface area contributed by atoms with Crippen LogP contribution in [0.4, 0.5) is 0 Å². The second-order valence-corrected chi connectivity index (χ2v) is 5.13. The summed E-state index contributed by atoms with van der Waals surface area (Å²) in [6, 6.07) is 0.0145. The minimum atomic E-state index is -0.0134. The summed E-state index contributed by atoms with van der Waals surface area (Å²) < 4.78 is 5.30. The molecule has 0 aromatic carbocycles. The van der Waals surface area contributed by atoms with Crippen molar-refractivity contribution in [2.45, 2.75) is 51.5 Å². The fraction of sp³-hybridized carbons (Fsp3) is 0.923. The van der Waals surface area contributed by atoms with Gasteiger partial charge in [0.1, 0.15) is 6.04 Å². The Morgan fingerprint density at radius 1 is 1.31 bits per heavy atom. The van der Waals surface area contributed by atoms with Crippen LogP contribution in [0, 0.1) is 11.8 Å². The van der Waals surface area contributed by atoms with Crippen LogP contribution in [0.15, 0.2) is 0 Å². The fourth-order valence-electron chi connectivity index (χ4n) is 2.57. The van der Waals surface area contributed by atoms with Crippen LogP contribution in [-0.2, 0) is 9.53 Å². The van der Waals surface area contributed by atoms with E-state index in [-0.39, 0.29) is 12.0 Å². The standard InChI is InChI=1S/C13H23NO2/c1-2-3-4-5-6-7-16-13(15)12-11-8-10(11)9-14-12/h10-12,14H,2-9H2,1H3/t10-,11+,12?/m0/s1. The lowest BCUT2D eigenvalue weighted by atomic mass is 10.2. The van der Waals surface area contributed by atoms with Crippen LogP contribution in [0.25, 0.3) is 0 Å². The summed E-state index contributed by atoms with van der Waals surface area (Å²) in [5.41, 5.74) is 0. The molecular formula is C13H23NO2. The molecule has 3 nitrogen and oxygen atoms in total. The fourth-order valence-corrected chi connectivity index (χ4v) is 2.57. The summed E-state index contributed by atoms with van der Waals surface area (Å²) in [6.07, 6.45) is 7.25. The smallest absolute Gasteiger partial charge is 0.323 e. The number of hydrogen-bond acceptors (Lipinski definition) is 3. The molecule has 0 spiro atoms. The summed E-state index contributed by atoms with van der Waals surface area (Å²) in [7, 11) is 0. The molecular weight excluding hydrogens is 202 g/mol. The van der Waals surface area contributed by atoms with Crippen LogP contribution >= 0.6 is 0 Å². The van der Waals surface area contributed by atoms with E-state index in [1.165, 1.54) is 32.1 Å². The van der Waals surface area contributed by atoms with Gasteiger partial charge in [-0.15, -0.1) is 0 Å². The van der Waals surface area contributed by atoms with Gasteiger partial charge >= 0.3 is 5.97 Å². The molecule has 0 radical (unpaired) electrons. The Morgan fingerprint density at radius 3 is 2.75 bits per heavy atom. The van der Waals surface area contributed by atoms with Gasteiger partial charge in [0.25, 0.3) is 0 Å². The molecule has 2 aliphatic rings. The Balaban J connectivity index is 1.51. The quantitative estimate of drug-likeness (QED) is 0.532. The van der Waals surface area contributed by atoms with Crippen molar-refractivity contribution in [1.82, 2.24) is 5.32 Å². The first kappa shape index (κ1) is 11.9. The van der Waals surface area contributed by atoms with Crippen molar-refractivity contribution in [1.29, 1.82) is 0 Å². The van der Waals surface area contributed by atoms with Crippen LogP contribution in [-0.4, -0.2) is 25.2 Å². The summed E-state index contributed by atoms with van der Waals surface area (Å²) >= 11 is 0. The highest BCUT2D eigenvalue weighted by atomic mass is 16.5. The number of esters is 1. The number of fused-ring (bicyclic) bond motifs is 1. The van der Waals surface area contributed by atoms with E-state index in [0.717, 1.165) is 18.9 Å². The monoisotopic (exact) mass is 225 g/mol. The van der Waals surface area contributed by atoms with E-state index in [2.05, 4.69) is 12.2 Å². The minimum Gasteiger partial charge on any atom is -0.465 e. The van der Waals surface area contributed by atoms with Gasteiger partial charge in [-0.25, -0.2) is 0 Å². The Morgan fingerprint density at radius 2 is 2.12 bits per heavy atom. The Hall–Kier alpha value is -0.570. The zero-order valence-corrected chi connectivity index (χ0v) is 10.2. The number of unbranched alkanes of at least 4 members (excludes halogenated alkanes) is 4. The maximum Gasteiger partial charge on any atom is 0.323 e. The third kappa shape index (κ3) is 2.97. The van der Waals surface area contributed by atoms with Crippen LogP contribution in [0.5, 0.6) is 0 Å². The molecule has 0 amide bonds. The molecule has 1 N–H and O–H groups in total. The second kappa shape index (κ2) is 5.67. The van der Waals surface area contributed by atoms with E-state index in [4.69, 9.17) is 4.74 Å². The van der Waals surface area contributed by atoms with Gasteiger partial charge in [0.05, 0.1) is 6.61 Å². The highest BCUT2D eigenvalue weighted by Gasteiger charge is 2.51. The molecule has 3 atom stereocenters. The molecule has 16 heavy (non-hydrogen) atoms. The zero-order chi connectivity index (χ0) is 11.4. The van der Waals surface area contributed by atoms with Crippen molar-refractivity contribution in [3.05, 3.63) is 0 Å². The molecule has 1 heterocycles. The van der Waals surface area contributed by atoms with Gasteiger partial charge in [0, 0.05) is 0 Å². The summed E-state index contributed by atoms with van der Waals surface area (Å²) in [5, 5.41) is 3.24. The van der Waals surface area contributed by atoms with Crippen LogP contribution in [0.3, 0.4) is 0 Å². The molecule has 1 saturated carbocycles. The maximum atomic E-state index is 11.7. The number of hydrogen-bond donors (Lipinski definition) is 1. The Bertz CT molecular complexity index is 242. The average Bonchev–Trinajstić information content (AvgIpc) is 2.95. The van der Waals surface area contributed by atoms with Crippen LogP contribution in [0.1, 0.15) is 45.4 Å². The minimum absolute atomic E-state index is 0.0134. The number of carbonyl (C=O) groups excluding carboxylic acids is 1. The van der Waals surface area contributed by atoms with Crippen molar-refractivity contribution >= 4 is 5.97 Å². The predicted octanol–water partition coefficient (Wildman–Crippen LogP) is 2.11. The molecule has 1 aliphatic heterocycles. The Kier molecular flexibility index (Phi) is 4.22. The molecule has 0 aromatic rings. The molecule has 92 valence electrons. The average molecular weight is 225 g/mol. The zero-order valence-electron chi connectivity index (χ0n) is 10.2. The lowest BCUT2D eigenvalue weighted by Gasteiger charge is -2.12. The molecule has 1 aliphatic carbocycles. The Labute approximate surface area is 97.9 Å². The van der Waals surface area contributed by atoms with Gasteiger partial charge in [0.2, 0.25) is 0 Å². The molecule has 2 rings (SSSR count). The number of rotatable bonds is 7. The third-order valence-corrected chi connectivity index (χ3v) is 3.75. The number of piperidine rings is 1. The van der Waals surface area contributed by atoms with Gasteiger partial charge < -0.3 is 10.1 Å². The summed E-state index contributed by atoms with van der Waals surface area (Å²) in [6.45, 7) is 3.83. The van der Waals surface area contributed by atoms with E-state index in [0.29, 0.717) is 12.5 Å². The molecule has 3 heteroatoms. The largest absolute Gasteiger partial charge is 0.465 e. The van der Waals surface area contributed by atoms with Crippen molar-refractivity contribution in [3.63, 3.8) is 0 Å². The van der Waals surface area contributed by atoms with E-state index >= 15 is 0 Å². The number of ether oxygens (including phenoxy) is 1. The van der Waals surface area contributed by atoms with Crippen molar-refractivity contribution in [2.75, 3.05) is 13.2 Å². The first-order valence-electron chi connectivity index (χ1n) is 6.73. The van der Waals surface area contributed by atoms with E-state index in [9.17, 15) is 4.79 Å². The maximum absolute atomic E-state index is 11.7. The number of carbonyl (C=O) groups is 1. The van der Waals surface area contributed by atoms with Gasteiger partial charge in [-0.1, -0.05) is 32.6 Å². The van der Waals surface area contributed by atoms with Crippen molar-refractivity contribution in [3.8, 4) is 0 Å². The van der Waals surface area contributed by atoms with Crippen LogP contribution < -0.4 is 5.32 Å². The highest BCUT2D eigenvalue weighted by Crippen LogP contribution is 2.45. The summed E-state index contributed by atoms with van der Waals surface area (Å²) in [4.78, 5) is 11.7. The molecule has 0 aromatic heterocycles. The second-order valence-electron chi connectivity index (χ2n) is 5.13. The SMILES string of the molecule is CCCCCCCOC(=O)C1NC[C@@H]2C[C@@H]12. The molecule has 1 saturated heterocycles. The lowest BCUT2D eigenvalue weighted by Crippen LogP contribution is -2.36. The molecule has 1 unspecified atom stereocenters. The number of nitrogens with one attached hydrogen (secondary N) is 1. The molecule has 2 fully saturated rings.